The lowest BCUT2D eigenvalue weighted by Gasteiger charge is -2.01. The van der Waals surface area contributed by atoms with Crippen LogP contribution in [0, 0.1) is 11.3 Å². The number of anilines is 1. The minimum absolute atomic E-state index is 0.0228. The van der Waals surface area contributed by atoms with Crippen molar-refractivity contribution < 1.29 is 14.3 Å². The third kappa shape index (κ3) is 3.66. The van der Waals surface area contributed by atoms with Gasteiger partial charge in [0.2, 0.25) is 6.79 Å². The number of fused-ring (bicyclic) bond motifs is 1. The zero-order valence-electron chi connectivity index (χ0n) is 14.0. The molecule has 1 aliphatic rings. The number of nitrogens with zero attached hydrogens (tertiary/aromatic N) is 2. The summed E-state index contributed by atoms with van der Waals surface area (Å²) in [7, 11) is 0. The first-order valence-corrected chi connectivity index (χ1v) is 8.94. The summed E-state index contributed by atoms with van der Waals surface area (Å²) in [5, 5.41) is 14.3. The van der Waals surface area contributed by atoms with E-state index in [4.69, 9.17) is 9.47 Å². The molecule has 0 spiro atoms. The molecule has 2 aromatic carbocycles. The van der Waals surface area contributed by atoms with Crippen molar-refractivity contribution in [1.29, 1.82) is 5.26 Å². The fourth-order valence-corrected chi connectivity index (χ4v) is 3.27. The number of hydrogen-bond acceptors (Lipinski definition) is 6. The maximum atomic E-state index is 12.4. The second-order valence-electron chi connectivity index (χ2n) is 5.64. The molecular formula is C20H13N3O3S. The number of ether oxygens (including phenoxy) is 2. The largest absolute Gasteiger partial charge is 0.454 e. The Labute approximate surface area is 159 Å². The predicted molar refractivity (Wildman–Crippen MR) is 102 cm³/mol. The van der Waals surface area contributed by atoms with Gasteiger partial charge >= 0.3 is 0 Å². The molecule has 0 aliphatic carbocycles. The number of rotatable bonds is 4. The Bertz CT molecular complexity index is 1070. The van der Waals surface area contributed by atoms with Gasteiger partial charge in [0.15, 0.2) is 16.6 Å². The zero-order valence-corrected chi connectivity index (χ0v) is 14.8. The van der Waals surface area contributed by atoms with Gasteiger partial charge in [-0.1, -0.05) is 36.4 Å². The average Bonchev–Trinajstić information content (AvgIpc) is 3.35. The van der Waals surface area contributed by atoms with Crippen LogP contribution in [0.15, 0.2) is 59.5 Å². The van der Waals surface area contributed by atoms with Gasteiger partial charge in [-0.3, -0.25) is 10.1 Å². The van der Waals surface area contributed by atoms with Crippen molar-refractivity contribution in [2.45, 2.75) is 0 Å². The van der Waals surface area contributed by atoms with E-state index in [2.05, 4.69) is 10.3 Å². The Kier molecular flexibility index (Phi) is 4.56. The van der Waals surface area contributed by atoms with Gasteiger partial charge in [0.05, 0.1) is 5.69 Å². The summed E-state index contributed by atoms with van der Waals surface area (Å²) in [4.78, 5) is 16.8. The van der Waals surface area contributed by atoms with Crippen LogP contribution in [-0.2, 0) is 4.79 Å². The number of aromatic nitrogens is 1. The van der Waals surface area contributed by atoms with Crippen LogP contribution in [0.25, 0.3) is 17.3 Å². The molecule has 1 aromatic heterocycles. The number of benzene rings is 2. The van der Waals surface area contributed by atoms with Gasteiger partial charge in [0.1, 0.15) is 11.6 Å². The second-order valence-corrected chi connectivity index (χ2v) is 6.50. The smallest absolute Gasteiger partial charge is 0.268 e. The predicted octanol–water partition coefficient (Wildman–Crippen LogP) is 4.08. The SMILES string of the molecule is N#CC(=Cc1ccc2c(c1)OCO2)C(=O)Nc1nc(-c2ccccc2)cs1. The van der Waals surface area contributed by atoms with Crippen molar-refractivity contribution in [3.05, 3.63) is 65.0 Å². The zero-order chi connectivity index (χ0) is 18.6. The molecule has 3 aromatic rings. The molecular weight excluding hydrogens is 362 g/mol. The maximum Gasteiger partial charge on any atom is 0.268 e. The van der Waals surface area contributed by atoms with Gasteiger partial charge in [-0.2, -0.15) is 5.26 Å². The molecule has 2 heterocycles. The molecule has 0 atom stereocenters. The van der Waals surface area contributed by atoms with Crippen molar-refractivity contribution in [1.82, 2.24) is 4.98 Å². The Morgan fingerprint density at radius 1 is 1.19 bits per heavy atom. The van der Waals surface area contributed by atoms with Gasteiger partial charge in [-0.05, 0) is 23.8 Å². The van der Waals surface area contributed by atoms with Crippen LogP contribution < -0.4 is 14.8 Å². The number of thiazole rings is 1. The van der Waals surface area contributed by atoms with Crippen molar-refractivity contribution in [2.75, 3.05) is 12.1 Å². The molecule has 6 nitrogen and oxygen atoms in total. The summed E-state index contributed by atoms with van der Waals surface area (Å²) in [6.07, 6.45) is 1.50. The first-order valence-electron chi connectivity index (χ1n) is 8.07. The molecule has 7 heteroatoms. The Morgan fingerprint density at radius 3 is 2.81 bits per heavy atom. The van der Waals surface area contributed by atoms with E-state index in [0.717, 1.165) is 11.3 Å². The van der Waals surface area contributed by atoms with Crippen molar-refractivity contribution in [3.63, 3.8) is 0 Å². The number of carbonyl (C=O) groups excluding carboxylic acids is 1. The normalized spacial score (nSPS) is 12.5. The second kappa shape index (κ2) is 7.32. The third-order valence-corrected chi connectivity index (χ3v) is 4.62. The van der Waals surface area contributed by atoms with E-state index >= 15 is 0 Å². The van der Waals surface area contributed by atoms with E-state index in [-0.39, 0.29) is 12.4 Å². The van der Waals surface area contributed by atoms with Gasteiger partial charge in [-0.15, -0.1) is 11.3 Å². The standard InChI is InChI=1S/C20H13N3O3S/c21-10-15(8-13-6-7-17-18(9-13)26-12-25-17)19(24)23-20-22-16(11-27-20)14-4-2-1-3-5-14/h1-9,11H,12H2,(H,22,23,24). The summed E-state index contributed by atoms with van der Waals surface area (Å²) in [6, 6.07) is 16.8. The summed E-state index contributed by atoms with van der Waals surface area (Å²) in [5.74, 6) is 0.726. The van der Waals surface area contributed by atoms with E-state index < -0.39 is 5.91 Å². The number of amides is 1. The monoisotopic (exact) mass is 375 g/mol. The topological polar surface area (TPSA) is 84.2 Å². The minimum Gasteiger partial charge on any atom is -0.454 e. The molecule has 1 N–H and O–H groups in total. The summed E-state index contributed by atoms with van der Waals surface area (Å²) in [5.41, 5.74) is 2.39. The van der Waals surface area contributed by atoms with E-state index in [1.165, 1.54) is 17.4 Å². The molecule has 1 amide bonds. The Morgan fingerprint density at radius 2 is 2.00 bits per heavy atom. The quantitative estimate of drug-likeness (QED) is 0.549. The van der Waals surface area contributed by atoms with Crippen molar-refractivity contribution >= 4 is 28.5 Å². The number of nitrogens with one attached hydrogen (secondary N) is 1. The highest BCUT2D eigenvalue weighted by Gasteiger charge is 2.15. The van der Waals surface area contributed by atoms with E-state index in [9.17, 15) is 10.1 Å². The average molecular weight is 375 g/mol. The summed E-state index contributed by atoms with van der Waals surface area (Å²) in [6.45, 7) is 0.169. The summed E-state index contributed by atoms with van der Waals surface area (Å²) >= 11 is 1.31. The summed E-state index contributed by atoms with van der Waals surface area (Å²) < 4.78 is 10.6. The van der Waals surface area contributed by atoms with Crippen LogP contribution >= 0.6 is 11.3 Å². The number of nitriles is 1. The third-order valence-electron chi connectivity index (χ3n) is 3.87. The Hall–Kier alpha value is -3.63. The van der Waals surface area contributed by atoms with Crippen LogP contribution in [0.3, 0.4) is 0 Å². The minimum atomic E-state index is -0.510. The molecule has 4 rings (SSSR count). The highest BCUT2D eigenvalue weighted by molar-refractivity contribution is 7.14. The first-order chi connectivity index (χ1) is 13.2. The number of hydrogen-bond donors (Lipinski definition) is 1. The molecule has 1 aliphatic heterocycles. The molecule has 0 saturated heterocycles. The van der Waals surface area contributed by atoms with Crippen LogP contribution in [0.2, 0.25) is 0 Å². The molecule has 27 heavy (non-hydrogen) atoms. The van der Waals surface area contributed by atoms with Crippen LogP contribution in [-0.4, -0.2) is 17.7 Å². The highest BCUT2D eigenvalue weighted by Crippen LogP contribution is 2.33. The van der Waals surface area contributed by atoms with Crippen LogP contribution in [0.4, 0.5) is 5.13 Å². The lowest BCUT2D eigenvalue weighted by atomic mass is 10.1. The molecule has 0 radical (unpaired) electrons. The molecule has 132 valence electrons. The molecule has 0 bridgehead atoms. The molecule has 0 unspecified atom stereocenters. The van der Waals surface area contributed by atoms with Crippen LogP contribution in [0.5, 0.6) is 11.5 Å². The molecule has 0 fully saturated rings. The van der Waals surface area contributed by atoms with E-state index in [0.29, 0.717) is 22.2 Å². The fourth-order valence-electron chi connectivity index (χ4n) is 2.56. The Balaban J connectivity index is 1.51. The van der Waals surface area contributed by atoms with Crippen molar-refractivity contribution in [2.24, 2.45) is 0 Å². The van der Waals surface area contributed by atoms with E-state index in [1.807, 2.05) is 41.8 Å². The van der Waals surface area contributed by atoms with Crippen molar-refractivity contribution in [3.8, 4) is 28.8 Å². The lowest BCUT2D eigenvalue weighted by molar-refractivity contribution is -0.112. The van der Waals surface area contributed by atoms with Gasteiger partial charge in [-0.25, -0.2) is 4.98 Å². The fraction of sp³-hybridized carbons (Fsp3) is 0.0500. The number of carbonyl (C=O) groups is 1. The lowest BCUT2D eigenvalue weighted by Crippen LogP contribution is -2.13. The molecule has 0 saturated carbocycles. The van der Waals surface area contributed by atoms with Gasteiger partial charge in [0, 0.05) is 10.9 Å². The van der Waals surface area contributed by atoms with Gasteiger partial charge < -0.3 is 9.47 Å². The van der Waals surface area contributed by atoms with Gasteiger partial charge in [0.25, 0.3) is 5.91 Å². The highest BCUT2D eigenvalue weighted by atomic mass is 32.1. The maximum absolute atomic E-state index is 12.4. The van der Waals surface area contributed by atoms with E-state index in [1.54, 1.807) is 18.2 Å². The van der Waals surface area contributed by atoms with Crippen LogP contribution in [0.1, 0.15) is 5.56 Å². The first kappa shape index (κ1) is 16.8.